The second-order valence-corrected chi connectivity index (χ2v) is 17.4. The molecule has 5 aromatic carbocycles. The maximum Gasteiger partial charge on any atom is 1.00 e. The number of benzene rings is 5. The average molecular weight is 935 g/mol. The SMILES string of the molecule is C=C1/C=C\c2ccccc2C2=C(CCC(/C=C\C=C/C)=C2)C12c1ccccc1-c1ccc(C3=C/C=C\C=C\C=C/C=C([N-]C4=CCC(Cc5ccccc5)C=C4)\C=C\3)cc12.CC.Nc1ccccc1.[K+]. The molecule has 2 atom stereocenters. The first-order valence-corrected chi connectivity index (χ1v) is 24.5. The molecule has 3 heteroatoms. The molecule has 0 saturated heterocycles. The molecule has 2 N–H and O–H groups in total. The van der Waals surface area contributed by atoms with Gasteiger partial charge in [0.05, 0.1) is 5.41 Å². The molecule has 10 rings (SSSR count). The van der Waals surface area contributed by atoms with Gasteiger partial charge in [-0.25, -0.2) is 0 Å². The van der Waals surface area contributed by atoms with Crippen molar-refractivity contribution in [1.29, 1.82) is 0 Å². The Bertz CT molecular complexity index is 3060. The summed E-state index contributed by atoms with van der Waals surface area (Å²) in [6.07, 6.45) is 47.5. The fourth-order valence-electron chi connectivity index (χ4n) is 9.86. The van der Waals surface area contributed by atoms with Gasteiger partial charge >= 0.3 is 51.4 Å². The number of hydrogen-bond donors (Lipinski definition) is 1. The first-order chi connectivity index (χ1) is 34.0. The van der Waals surface area contributed by atoms with Gasteiger partial charge in [-0.3, -0.25) is 0 Å². The largest absolute Gasteiger partial charge is 1.00 e. The molecule has 0 aliphatic heterocycles. The molecule has 342 valence electrons. The van der Waals surface area contributed by atoms with Gasteiger partial charge in [0.25, 0.3) is 0 Å². The van der Waals surface area contributed by atoms with E-state index in [0.717, 1.165) is 59.5 Å². The minimum atomic E-state index is -0.534. The first kappa shape index (κ1) is 51.5. The third-order valence-electron chi connectivity index (χ3n) is 13.1. The Morgan fingerprint density at radius 3 is 2.07 bits per heavy atom. The van der Waals surface area contributed by atoms with E-state index in [1.807, 2.05) is 44.2 Å². The summed E-state index contributed by atoms with van der Waals surface area (Å²) in [6, 6.07) is 45.2. The molecule has 2 nitrogen and oxygen atoms in total. The number of hydrogen-bond acceptors (Lipinski definition) is 1. The molecule has 0 fully saturated rings. The van der Waals surface area contributed by atoms with Crippen molar-refractivity contribution in [3.8, 4) is 11.1 Å². The van der Waals surface area contributed by atoms with Crippen LogP contribution in [0.4, 0.5) is 5.69 Å². The Morgan fingerprint density at radius 2 is 1.34 bits per heavy atom. The monoisotopic (exact) mass is 934 g/mol. The van der Waals surface area contributed by atoms with Crippen LogP contribution in [0.2, 0.25) is 0 Å². The number of nitrogens with two attached hydrogens (primary N) is 1. The van der Waals surface area contributed by atoms with Crippen LogP contribution in [0.5, 0.6) is 0 Å². The van der Waals surface area contributed by atoms with Gasteiger partial charge in [0, 0.05) is 5.69 Å². The summed E-state index contributed by atoms with van der Waals surface area (Å²) in [5.41, 5.74) is 24.0. The molecule has 1 spiro atoms. The van der Waals surface area contributed by atoms with Gasteiger partial charge in [0.2, 0.25) is 0 Å². The number of rotatable bonds is 7. The Labute approximate surface area is 460 Å². The minimum absolute atomic E-state index is 0. The Hall–Kier alpha value is -6.30. The van der Waals surface area contributed by atoms with Gasteiger partial charge in [-0.2, -0.15) is 0 Å². The van der Waals surface area contributed by atoms with Crippen molar-refractivity contribution in [1.82, 2.24) is 0 Å². The number of anilines is 1. The van der Waals surface area contributed by atoms with Crippen molar-refractivity contribution in [3.63, 3.8) is 0 Å². The molecular weight excluding hydrogens is 872 g/mol. The molecule has 5 aliphatic carbocycles. The van der Waals surface area contributed by atoms with E-state index in [1.54, 1.807) is 0 Å². The van der Waals surface area contributed by atoms with Gasteiger partial charge in [-0.1, -0.05) is 251 Å². The fourth-order valence-corrected chi connectivity index (χ4v) is 9.86. The quantitative estimate of drug-likeness (QED) is 0.0986. The second kappa shape index (κ2) is 25.5. The van der Waals surface area contributed by atoms with Gasteiger partial charge in [-0.15, -0.1) is 11.4 Å². The molecule has 0 heterocycles. The normalized spacial score (nSPS) is 22.4. The molecule has 0 radical (unpaired) electrons. The molecule has 0 amide bonds. The average Bonchev–Trinajstić information content (AvgIpc) is 3.68. The minimum Gasteiger partial charge on any atom is -0.658 e. The molecule has 0 bridgehead atoms. The molecule has 5 aromatic rings. The topological polar surface area (TPSA) is 40.1 Å². The van der Waals surface area contributed by atoms with Crippen LogP contribution in [0.1, 0.15) is 73.4 Å². The molecular formula is C67H63KN2. The van der Waals surface area contributed by atoms with Crippen LogP contribution in [0.25, 0.3) is 33.7 Å². The predicted octanol–water partition coefficient (Wildman–Crippen LogP) is 14.7. The molecule has 2 unspecified atom stereocenters. The van der Waals surface area contributed by atoms with Crippen molar-refractivity contribution >= 4 is 22.9 Å². The van der Waals surface area contributed by atoms with Crippen LogP contribution >= 0.6 is 0 Å². The van der Waals surface area contributed by atoms with Crippen LogP contribution in [0.15, 0.2) is 278 Å². The predicted molar refractivity (Wildman–Crippen MR) is 299 cm³/mol. The van der Waals surface area contributed by atoms with E-state index in [0.29, 0.717) is 5.92 Å². The molecule has 0 aromatic heterocycles. The Morgan fingerprint density at radius 1 is 0.657 bits per heavy atom. The van der Waals surface area contributed by atoms with Crippen LogP contribution in [-0.4, -0.2) is 0 Å². The van der Waals surface area contributed by atoms with E-state index in [1.165, 1.54) is 55.7 Å². The molecule has 5 aliphatic rings. The van der Waals surface area contributed by atoms with Gasteiger partial charge < -0.3 is 11.1 Å². The van der Waals surface area contributed by atoms with Gasteiger partial charge in [-0.05, 0) is 129 Å². The van der Waals surface area contributed by atoms with E-state index in [-0.39, 0.29) is 51.4 Å². The summed E-state index contributed by atoms with van der Waals surface area (Å²) in [5.74, 6) is 0.477. The van der Waals surface area contributed by atoms with Crippen LogP contribution in [-0.2, 0) is 11.8 Å². The summed E-state index contributed by atoms with van der Waals surface area (Å²) in [4.78, 5) is 0. The number of nitrogen functional groups attached to an aromatic ring is 1. The summed E-state index contributed by atoms with van der Waals surface area (Å²) in [6.45, 7) is 11.0. The van der Waals surface area contributed by atoms with Crippen molar-refractivity contribution in [3.05, 3.63) is 316 Å². The maximum absolute atomic E-state index is 5.36. The van der Waals surface area contributed by atoms with Crippen molar-refractivity contribution < 1.29 is 51.4 Å². The number of nitrogens with zero attached hydrogens (tertiary/aromatic N) is 1. The maximum atomic E-state index is 5.36. The molecule has 70 heavy (non-hydrogen) atoms. The Balaban J connectivity index is 0.000000658. The standard InChI is InChI=1S/C59H50N.C6H7N.C2H6.K/c1-3-4-10-19-45-31-39-57-55(41-45)52-25-16-15-23-48(52)32-28-43(2)59(57)56-27-18-17-26-53(56)54-38-34-49(42-58(54)59)47-22-13-7-5-6-8-14-24-50(37-33-47)60-51-35-29-46(30-36-51)40-44-20-11-9-12-21-44;7-6-4-2-1-3-5-6;1-2;/h3-29,32-38,41-42,46H,2,30-31,39-40H2,1H3;1-5H,7H2;1-2H3;/q-1;;;+1/b4-3-,6-5+,7-5?,8-6?,13-7-,14-8-,19-10-,22-13?,24-14?,32-28-,37-33+,47-22+,47-33?,50-24+,50-37?;;;. The van der Waals surface area contributed by atoms with E-state index < -0.39 is 5.41 Å². The number of allylic oxidation sites excluding steroid dienone is 24. The van der Waals surface area contributed by atoms with Gasteiger partial charge in [0.1, 0.15) is 0 Å². The van der Waals surface area contributed by atoms with Crippen molar-refractivity contribution in [2.24, 2.45) is 5.92 Å². The number of para-hydroxylation sites is 1. The fraction of sp³-hybridized carbons (Fsp3) is 0.134. The zero-order chi connectivity index (χ0) is 47.8. The van der Waals surface area contributed by atoms with Crippen LogP contribution < -0.4 is 57.1 Å². The summed E-state index contributed by atoms with van der Waals surface area (Å²) < 4.78 is 0. The molecule has 0 saturated carbocycles. The first-order valence-electron chi connectivity index (χ1n) is 24.5. The Kier molecular flexibility index (Phi) is 18.8. The van der Waals surface area contributed by atoms with Crippen LogP contribution in [0, 0.1) is 5.92 Å². The van der Waals surface area contributed by atoms with Gasteiger partial charge in [0.15, 0.2) is 0 Å². The summed E-state index contributed by atoms with van der Waals surface area (Å²) in [5, 5.41) is 5.16. The summed E-state index contributed by atoms with van der Waals surface area (Å²) >= 11 is 0. The van der Waals surface area contributed by atoms with E-state index in [9.17, 15) is 0 Å². The van der Waals surface area contributed by atoms with E-state index in [4.69, 9.17) is 17.6 Å². The number of fused-ring (bicyclic) bond motifs is 8. The van der Waals surface area contributed by atoms with Crippen molar-refractivity contribution in [2.45, 2.75) is 51.9 Å². The smallest absolute Gasteiger partial charge is 0.658 e. The third-order valence-corrected chi connectivity index (χ3v) is 13.1. The zero-order valence-electron chi connectivity index (χ0n) is 41.3. The van der Waals surface area contributed by atoms with E-state index >= 15 is 0 Å². The van der Waals surface area contributed by atoms with E-state index in [2.05, 4.69) is 226 Å². The summed E-state index contributed by atoms with van der Waals surface area (Å²) in [7, 11) is 0. The second-order valence-electron chi connectivity index (χ2n) is 17.4. The van der Waals surface area contributed by atoms with Crippen LogP contribution in [0.3, 0.4) is 0 Å². The third kappa shape index (κ3) is 12.0. The zero-order valence-corrected chi connectivity index (χ0v) is 44.4. The van der Waals surface area contributed by atoms with Crippen molar-refractivity contribution in [2.75, 3.05) is 5.73 Å².